The van der Waals surface area contributed by atoms with Crippen molar-refractivity contribution in [3.8, 4) is 0 Å². The fraction of sp³-hybridized carbons (Fsp3) is 0.727. The average molecular weight is 279 g/mol. The Morgan fingerprint density at radius 2 is 2.12 bits per heavy atom. The zero-order valence-electron chi connectivity index (χ0n) is 10.3. The first-order chi connectivity index (χ1) is 8.04. The molecule has 0 amide bonds. The Kier molecular flexibility index (Phi) is 5.46. The van der Waals surface area contributed by atoms with Gasteiger partial charge in [0.25, 0.3) is 0 Å². The second-order valence-corrected chi connectivity index (χ2v) is 6.70. The molecular weight excluding hydrogens is 260 g/mol. The van der Waals surface area contributed by atoms with Crippen molar-refractivity contribution in [3.63, 3.8) is 0 Å². The average Bonchev–Trinajstić information content (AvgIpc) is 2.70. The van der Waals surface area contributed by atoms with E-state index in [0.717, 1.165) is 24.1 Å². The first-order valence-corrected chi connectivity index (χ1v) is 8.19. The summed E-state index contributed by atoms with van der Waals surface area (Å²) in [5.41, 5.74) is 2.07. The summed E-state index contributed by atoms with van der Waals surface area (Å²) in [6.07, 6.45) is 3.61. The van der Waals surface area contributed by atoms with Crippen LogP contribution >= 0.6 is 11.6 Å². The molecule has 0 saturated heterocycles. The molecule has 0 N–H and O–H groups in total. The molecule has 0 aliphatic carbocycles. The van der Waals surface area contributed by atoms with E-state index in [-0.39, 0.29) is 11.5 Å². The van der Waals surface area contributed by atoms with E-state index in [4.69, 9.17) is 11.6 Å². The predicted octanol–water partition coefficient (Wildman–Crippen LogP) is 2.01. The fourth-order valence-corrected chi connectivity index (χ4v) is 2.61. The minimum absolute atomic E-state index is 0.142. The van der Waals surface area contributed by atoms with Crippen LogP contribution in [0.4, 0.5) is 0 Å². The van der Waals surface area contributed by atoms with Gasteiger partial charge in [0.2, 0.25) is 0 Å². The molecule has 1 rings (SSSR count). The molecule has 0 radical (unpaired) electrons. The third-order valence-electron chi connectivity index (χ3n) is 2.72. The molecule has 0 aliphatic heterocycles. The molecule has 0 bridgehead atoms. The van der Waals surface area contributed by atoms with E-state index < -0.39 is 9.84 Å². The maximum Gasteiger partial charge on any atom is 0.151 e. The second kappa shape index (κ2) is 6.40. The highest BCUT2D eigenvalue weighted by molar-refractivity contribution is 7.91. The monoisotopic (exact) mass is 278 g/mol. The number of aromatic nitrogens is 2. The van der Waals surface area contributed by atoms with Gasteiger partial charge in [-0.25, -0.2) is 8.42 Å². The van der Waals surface area contributed by atoms with Gasteiger partial charge in [-0.05, 0) is 6.42 Å². The quantitative estimate of drug-likeness (QED) is 0.717. The zero-order valence-corrected chi connectivity index (χ0v) is 11.9. The van der Waals surface area contributed by atoms with Gasteiger partial charge in [0.05, 0.1) is 24.4 Å². The van der Waals surface area contributed by atoms with Gasteiger partial charge in [0.1, 0.15) is 0 Å². The van der Waals surface area contributed by atoms with Gasteiger partial charge in [-0.2, -0.15) is 5.10 Å². The van der Waals surface area contributed by atoms with E-state index in [9.17, 15) is 8.42 Å². The van der Waals surface area contributed by atoms with Crippen molar-refractivity contribution >= 4 is 21.4 Å². The fourth-order valence-electron chi connectivity index (χ4n) is 1.65. The number of halogens is 1. The second-order valence-electron chi connectivity index (χ2n) is 3.96. The maximum absolute atomic E-state index is 11.5. The number of rotatable bonds is 7. The van der Waals surface area contributed by atoms with Crippen molar-refractivity contribution in [1.82, 2.24) is 9.78 Å². The van der Waals surface area contributed by atoms with Gasteiger partial charge in [-0.3, -0.25) is 4.68 Å². The van der Waals surface area contributed by atoms with Gasteiger partial charge >= 0.3 is 0 Å². The highest BCUT2D eigenvalue weighted by Gasteiger charge is 2.12. The number of alkyl halides is 1. The van der Waals surface area contributed by atoms with E-state index in [2.05, 4.69) is 12.0 Å². The minimum Gasteiger partial charge on any atom is -0.268 e. The molecule has 1 aromatic rings. The Balaban J connectivity index is 2.80. The molecule has 0 unspecified atom stereocenters. The van der Waals surface area contributed by atoms with E-state index in [1.165, 1.54) is 0 Å². The lowest BCUT2D eigenvalue weighted by Crippen LogP contribution is -2.17. The van der Waals surface area contributed by atoms with Crippen LogP contribution < -0.4 is 0 Å². The topological polar surface area (TPSA) is 52.0 Å². The molecule has 1 aromatic heterocycles. The number of hydrogen-bond acceptors (Lipinski definition) is 3. The summed E-state index contributed by atoms with van der Waals surface area (Å²) >= 11 is 5.83. The molecule has 6 heteroatoms. The zero-order chi connectivity index (χ0) is 12.9. The van der Waals surface area contributed by atoms with Crippen LogP contribution in [0.1, 0.15) is 31.5 Å². The maximum atomic E-state index is 11.5. The number of nitrogens with zero attached hydrogens (tertiary/aromatic N) is 2. The van der Waals surface area contributed by atoms with Gasteiger partial charge in [-0.15, -0.1) is 11.6 Å². The number of sulfone groups is 1. The first-order valence-electron chi connectivity index (χ1n) is 5.84. The Hall–Kier alpha value is -0.550. The van der Waals surface area contributed by atoms with Crippen molar-refractivity contribution < 1.29 is 8.42 Å². The Bertz CT molecular complexity index is 454. The first kappa shape index (κ1) is 14.5. The summed E-state index contributed by atoms with van der Waals surface area (Å²) in [6.45, 7) is 4.16. The van der Waals surface area contributed by atoms with E-state index in [1.807, 2.05) is 0 Å². The normalized spacial score (nSPS) is 11.9. The third-order valence-corrected chi connectivity index (χ3v) is 4.69. The summed E-state index contributed by atoms with van der Waals surface area (Å²) < 4.78 is 24.7. The van der Waals surface area contributed by atoms with Gasteiger partial charge in [0.15, 0.2) is 9.84 Å². The van der Waals surface area contributed by atoms with Crippen LogP contribution in [-0.4, -0.2) is 29.7 Å². The van der Waals surface area contributed by atoms with Crippen LogP contribution in [-0.2, 0) is 28.7 Å². The van der Waals surface area contributed by atoms with E-state index in [0.29, 0.717) is 12.4 Å². The minimum atomic E-state index is -2.94. The lowest BCUT2D eigenvalue weighted by molar-refractivity contribution is 0.572. The van der Waals surface area contributed by atoms with E-state index >= 15 is 0 Å². The van der Waals surface area contributed by atoms with Crippen molar-refractivity contribution in [2.45, 2.75) is 39.1 Å². The molecule has 1 heterocycles. The standard InChI is InChI=1S/C11H19ClN2O2S/c1-3-5-11-10(8-12)9-13-14(11)6-7-17(15,16)4-2/h9H,3-8H2,1-2H3. The predicted molar refractivity (Wildman–Crippen MR) is 70.1 cm³/mol. The Morgan fingerprint density at radius 1 is 1.41 bits per heavy atom. The number of hydrogen-bond donors (Lipinski definition) is 0. The third kappa shape index (κ3) is 4.00. The molecule has 98 valence electrons. The Labute approximate surface area is 108 Å². The highest BCUT2D eigenvalue weighted by Crippen LogP contribution is 2.13. The smallest absolute Gasteiger partial charge is 0.151 e. The molecule has 0 fully saturated rings. The van der Waals surface area contributed by atoms with Crippen LogP contribution in [0.5, 0.6) is 0 Å². The Morgan fingerprint density at radius 3 is 2.65 bits per heavy atom. The summed E-state index contributed by atoms with van der Waals surface area (Å²) in [6, 6.07) is 0. The van der Waals surface area contributed by atoms with Crippen molar-refractivity contribution in [3.05, 3.63) is 17.5 Å². The summed E-state index contributed by atoms with van der Waals surface area (Å²) in [5.74, 6) is 0.749. The highest BCUT2D eigenvalue weighted by atomic mass is 35.5. The van der Waals surface area contributed by atoms with Gasteiger partial charge < -0.3 is 0 Å². The molecule has 0 aromatic carbocycles. The van der Waals surface area contributed by atoms with Crippen molar-refractivity contribution in [1.29, 1.82) is 0 Å². The molecule has 0 atom stereocenters. The molecule has 0 aliphatic rings. The van der Waals surface area contributed by atoms with Gasteiger partial charge in [0, 0.05) is 17.0 Å². The van der Waals surface area contributed by atoms with Crippen LogP contribution in [0.25, 0.3) is 0 Å². The molecular formula is C11H19ClN2O2S. The molecule has 0 spiro atoms. The van der Waals surface area contributed by atoms with Crippen LogP contribution in [0, 0.1) is 0 Å². The summed E-state index contributed by atoms with van der Waals surface area (Å²) in [5, 5.41) is 4.21. The lowest BCUT2D eigenvalue weighted by Gasteiger charge is -2.08. The van der Waals surface area contributed by atoms with Crippen LogP contribution in [0.2, 0.25) is 0 Å². The van der Waals surface area contributed by atoms with Gasteiger partial charge in [-0.1, -0.05) is 20.3 Å². The lowest BCUT2D eigenvalue weighted by atomic mass is 10.2. The van der Waals surface area contributed by atoms with E-state index in [1.54, 1.807) is 17.8 Å². The number of aryl methyl sites for hydroxylation is 1. The van der Waals surface area contributed by atoms with Crippen molar-refractivity contribution in [2.75, 3.05) is 11.5 Å². The molecule has 17 heavy (non-hydrogen) atoms. The SMILES string of the molecule is CCCc1c(CCl)cnn1CCS(=O)(=O)CC. The van der Waals surface area contributed by atoms with Crippen LogP contribution in [0.3, 0.4) is 0 Å². The van der Waals surface area contributed by atoms with Crippen LogP contribution in [0.15, 0.2) is 6.20 Å². The largest absolute Gasteiger partial charge is 0.268 e. The summed E-state index contributed by atoms with van der Waals surface area (Å²) in [7, 11) is -2.94. The molecule has 4 nitrogen and oxygen atoms in total. The van der Waals surface area contributed by atoms with Crippen molar-refractivity contribution in [2.24, 2.45) is 0 Å². The molecule has 0 saturated carbocycles. The summed E-state index contributed by atoms with van der Waals surface area (Å²) in [4.78, 5) is 0.